The van der Waals surface area contributed by atoms with E-state index in [4.69, 9.17) is 4.74 Å². The summed E-state index contributed by atoms with van der Waals surface area (Å²) in [5.41, 5.74) is 0.214. The van der Waals surface area contributed by atoms with E-state index in [2.05, 4.69) is 13.8 Å². The molecule has 0 amide bonds. The van der Waals surface area contributed by atoms with Gasteiger partial charge in [-0.2, -0.15) is 0 Å². The van der Waals surface area contributed by atoms with Crippen molar-refractivity contribution in [2.75, 3.05) is 6.61 Å². The van der Waals surface area contributed by atoms with Crippen LogP contribution in [-0.2, 0) is 9.53 Å². The molecule has 5 rings (SSSR count). The summed E-state index contributed by atoms with van der Waals surface area (Å²) in [6, 6.07) is 0. The van der Waals surface area contributed by atoms with Gasteiger partial charge in [-0.1, -0.05) is 13.8 Å². The molecule has 1 saturated heterocycles. The van der Waals surface area contributed by atoms with Gasteiger partial charge in [-0.15, -0.1) is 0 Å². The number of Topliss-reactive ketones (excluding diaryl/α,β-unsaturated/α-hetero) is 1. The number of fused-ring (bicyclic) bond motifs is 4. The molecule has 0 radical (unpaired) electrons. The monoisotopic (exact) mass is 348 g/mol. The first kappa shape index (κ1) is 16.7. The van der Waals surface area contributed by atoms with E-state index in [1.165, 1.54) is 6.42 Å². The van der Waals surface area contributed by atoms with Crippen molar-refractivity contribution in [3.63, 3.8) is 0 Å². The van der Waals surface area contributed by atoms with Crippen LogP contribution in [0.25, 0.3) is 0 Å². The average molecular weight is 348 g/mol. The van der Waals surface area contributed by atoms with Crippen LogP contribution in [0.5, 0.6) is 0 Å². The van der Waals surface area contributed by atoms with Crippen molar-refractivity contribution in [1.82, 2.24) is 0 Å². The Kier molecular flexibility index (Phi) is 3.39. The molecular weight excluding hydrogens is 316 g/mol. The predicted molar refractivity (Wildman–Crippen MR) is 92.5 cm³/mol. The second-order valence-corrected chi connectivity index (χ2v) is 10.1. The smallest absolute Gasteiger partial charge is 0.192 e. The summed E-state index contributed by atoms with van der Waals surface area (Å²) >= 11 is 0. The SMILES string of the molecule is CC[C@H]1C(=O)C[C@@H]2[C@@H]3CC[C@@H]4C[C@@H](O)[C@]5(O)C[C@]4(CO5)[C@@H]3CC[C@@]21C. The second kappa shape index (κ2) is 5.08. The van der Waals surface area contributed by atoms with Gasteiger partial charge in [-0.05, 0) is 67.6 Å². The fraction of sp³-hybridized carbons (Fsp3) is 0.952. The van der Waals surface area contributed by atoms with Gasteiger partial charge in [0.1, 0.15) is 11.9 Å². The maximum absolute atomic E-state index is 12.7. The molecular formula is C21H32O4. The van der Waals surface area contributed by atoms with Gasteiger partial charge in [0.05, 0.1) is 6.61 Å². The van der Waals surface area contributed by atoms with Gasteiger partial charge in [0.15, 0.2) is 5.79 Å². The van der Waals surface area contributed by atoms with Crippen LogP contribution in [0.3, 0.4) is 0 Å². The minimum Gasteiger partial charge on any atom is -0.388 e. The highest BCUT2D eigenvalue weighted by Gasteiger charge is 2.68. The van der Waals surface area contributed by atoms with Crippen LogP contribution in [0, 0.1) is 40.4 Å². The van der Waals surface area contributed by atoms with Crippen molar-refractivity contribution in [2.45, 2.75) is 77.1 Å². The Bertz CT molecular complexity index is 605. The Labute approximate surface area is 150 Å². The molecule has 5 fully saturated rings. The van der Waals surface area contributed by atoms with Crippen LogP contribution in [-0.4, -0.2) is 34.5 Å². The molecule has 1 heterocycles. The van der Waals surface area contributed by atoms with Crippen LogP contribution >= 0.6 is 0 Å². The summed E-state index contributed by atoms with van der Waals surface area (Å²) in [4.78, 5) is 12.7. The maximum Gasteiger partial charge on any atom is 0.192 e. The quantitative estimate of drug-likeness (QED) is 0.765. The fourth-order valence-electron chi connectivity index (χ4n) is 8.33. The molecule has 25 heavy (non-hydrogen) atoms. The van der Waals surface area contributed by atoms with Gasteiger partial charge in [-0.25, -0.2) is 0 Å². The molecule has 1 spiro atoms. The number of rotatable bonds is 1. The third-order valence-corrected chi connectivity index (χ3v) is 9.49. The van der Waals surface area contributed by atoms with Gasteiger partial charge >= 0.3 is 0 Å². The number of aliphatic hydroxyl groups excluding tert-OH is 1. The molecule has 5 aliphatic rings. The minimum atomic E-state index is -1.32. The normalized spacial score (nSPS) is 60.1. The van der Waals surface area contributed by atoms with Crippen molar-refractivity contribution in [3.05, 3.63) is 0 Å². The number of carbonyl (C=O) groups excluding carboxylic acids is 1. The molecule has 0 unspecified atom stereocenters. The zero-order valence-electron chi connectivity index (χ0n) is 15.5. The van der Waals surface area contributed by atoms with E-state index < -0.39 is 11.9 Å². The van der Waals surface area contributed by atoms with Gasteiger partial charge in [0.25, 0.3) is 0 Å². The molecule has 1 aliphatic heterocycles. The highest BCUT2D eigenvalue weighted by atomic mass is 16.6. The number of aliphatic hydroxyl groups is 2. The highest BCUT2D eigenvalue weighted by Crippen LogP contribution is 2.69. The van der Waals surface area contributed by atoms with Gasteiger partial charge in [-0.3, -0.25) is 4.79 Å². The Balaban J connectivity index is 1.50. The molecule has 0 aromatic carbocycles. The van der Waals surface area contributed by atoms with Crippen molar-refractivity contribution in [3.8, 4) is 0 Å². The average Bonchev–Trinajstić information content (AvgIpc) is 3.02. The van der Waals surface area contributed by atoms with Crippen LogP contribution < -0.4 is 0 Å². The Hall–Kier alpha value is -0.450. The Morgan fingerprint density at radius 3 is 2.80 bits per heavy atom. The number of ketones is 1. The molecule has 0 aromatic rings. The fourth-order valence-corrected chi connectivity index (χ4v) is 8.33. The number of carbonyl (C=O) groups is 1. The van der Waals surface area contributed by atoms with Crippen LogP contribution in [0.15, 0.2) is 0 Å². The lowest BCUT2D eigenvalue weighted by atomic mass is 9.44. The summed E-state index contributed by atoms with van der Waals surface area (Å²) in [5, 5.41) is 21.1. The first-order valence-corrected chi connectivity index (χ1v) is 10.4. The largest absolute Gasteiger partial charge is 0.388 e. The van der Waals surface area contributed by atoms with Crippen molar-refractivity contribution >= 4 is 5.78 Å². The third-order valence-electron chi connectivity index (χ3n) is 9.49. The van der Waals surface area contributed by atoms with Gasteiger partial charge < -0.3 is 14.9 Å². The second-order valence-electron chi connectivity index (χ2n) is 10.1. The molecule has 4 aliphatic carbocycles. The topological polar surface area (TPSA) is 66.8 Å². The molecule has 0 aromatic heterocycles. The number of hydrogen-bond acceptors (Lipinski definition) is 4. The lowest BCUT2D eigenvalue weighted by Crippen LogP contribution is -2.58. The molecule has 4 saturated carbocycles. The van der Waals surface area contributed by atoms with Crippen LogP contribution in [0.4, 0.5) is 0 Å². The van der Waals surface area contributed by atoms with Gasteiger partial charge in [0.2, 0.25) is 0 Å². The lowest BCUT2D eigenvalue weighted by molar-refractivity contribution is -0.242. The first-order chi connectivity index (χ1) is 11.8. The molecule has 140 valence electrons. The zero-order chi connectivity index (χ0) is 17.6. The van der Waals surface area contributed by atoms with Crippen LogP contribution in [0.1, 0.15) is 65.2 Å². The van der Waals surface area contributed by atoms with Crippen molar-refractivity contribution in [1.29, 1.82) is 0 Å². The van der Waals surface area contributed by atoms with Crippen LogP contribution in [0.2, 0.25) is 0 Å². The number of ether oxygens (including phenoxy) is 1. The van der Waals surface area contributed by atoms with E-state index in [1.807, 2.05) is 0 Å². The molecule has 2 N–H and O–H groups in total. The molecule has 4 nitrogen and oxygen atoms in total. The minimum absolute atomic E-state index is 0.0333. The number of hydrogen-bond donors (Lipinski definition) is 2. The summed E-state index contributed by atoms with van der Waals surface area (Å²) in [5.74, 6) is 1.55. The Morgan fingerprint density at radius 2 is 2.04 bits per heavy atom. The summed E-state index contributed by atoms with van der Waals surface area (Å²) < 4.78 is 5.82. The Morgan fingerprint density at radius 1 is 1.24 bits per heavy atom. The third kappa shape index (κ3) is 1.92. The van der Waals surface area contributed by atoms with E-state index >= 15 is 0 Å². The predicted octanol–water partition coefficient (Wildman–Crippen LogP) is 2.90. The maximum atomic E-state index is 12.7. The van der Waals surface area contributed by atoms with E-state index in [0.717, 1.165) is 32.1 Å². The standard InChI is InChI=1S/C21H32O4/c1-3-14-17(22)9-16-13-5-4-12-8-18(23)21(24)10-20(12,11-25-21)15(13)6-7-19(14,16)2/h12-16,18,23-24H,3-11H2,1-2H3/t12-,13-,14+,15-,16-,18-,19-,20-,21+/m1/s1. The van der Waals surface area contributed by atoms with E-state index in [0.29, 0.717) is 48.9 Å². The van der Waals surface area contributed by atoms with E-state index in [-0.39, 0.29) is 16.7 Å². The first-order valence-electron chi connectivity index (χ1n) is 10.4. The van der Waals surface area contributed by atoms with Gasteiger partial charge in [0, 0.05) is 24.2 Å². The van der Waals surface area contributed by atoms with Crippen molar-refractivity contribution < 1.29 is 19.7 Å². The highest BCUT2D eigenvalue weighted by molar-refractivity contribution is 5.84. The molecule has 2 bridgehead atoms. The van der Waals surface area contributed by atoms with Crippen molar-refractivity contribution in [2.24, 2.45) is 40.4 Å². The summed E-state index contributed by atoms with van der Waals surface area (Å²) in [7, 11) is 0. The summed E-state index contributed by atoms with van der Waals surface area (Å²) in [6.45, 7) is 5.15. The molecule has 4 heteroatoms. The lowest BCUT2D eigenvalue weighted by Gasteiger charge is -2.60. The molecule has 9 atom stereocenters. The summed E-state index contributed by atoms with van der Waals surface area (Å²) in [6.07, 6.45) is 6.89. The zero-order valence-corrected chi connectivity index (χ0v) is 15.5. The van der Waals surface area contributed by atoms with E-state index in [1.54, 1.807) is 0 Å². The van der Waals surface area contributed by atoms with E-state index in [9.17, 15) is 15.0 Å².